The van der Waals surface area contributed by atoms with Gasteiger partial charge in [-0.3, -0.25) is 4.79 Å². The van der Waals surface area contributed by atoms with Gasteiger partial charge in [-0.1, -0.05) is 22.0 Å². The monoisotopic (exact) mass is 382 g/mol. The summed E-state index contributed by atoms with van der Waals surface area (Å²) in [6.07, 6.45) is 0. The van der Waals surface area contributed by atoms with Crippen molar-refractivity contribution in [2.45, 2.75) is 13.8 Å². The molecule has 0 aliphatic rings. The van der Waals surface area contributed by atoms with E-state index in [1.807, 2.05) is 31.2 Å². The standard InChI is InChI=1S/C15H12Br2O2/c1-9-3-5-15(13(17)7-9)19-14-6-4-11(16)8-12(14)10(2)18/h3-8H,1-2H3. The molecule has 0 heterocycles. The molecule has 0 aliphatic carbocycles. The first-order valence-corrected chi connectivity index (χ1v) is 7.30. The highest BCUT2D eigenvalue weighted by molar-refractivity contribution is 9.10. The Morgan fingerprint density at radius 3 is 2.37 bits per heavy atom. The summed E-state index contributed by atoms with van der Waals surface area (Å²) in [5.41, 5.74) is 1.70. The van der Waals surface area contributed by atoms with E-state index in [4.69, 9.17) is 4.74 Å². The first-order chi connectivity index (χ1) is 8.97. The molecule has 0 amide bonds. The van der Waals surface area contributed by atoms with Crippen LogP contribution in [0.4, 0.5) is 0 Å². The van der Waals surface area contributed by atoms with Gasteiger partial charge < -0.3 is 4.74 Å². The number of hydrogen-bond donors (Lipinski definition) is 0. The van der Waals surface area contributed by atoms with Gasteiger partial charge in [0.05, 0.1) is 10.0 Å². The topological polar surface area (TPSA) is 26.3 Å². The largest absolute Gasteiger partial charge is 0.455 e. The maximum absolute atomic E-state index is 11.6. The maximum Gasteiger partial charge on any atom is 0.163 e. The van der Waals surface area contributed by atoms with Gasteiger partial charge in [0.1, 0.15) is 11.5 Å². The van der Waals surface area contributed by atoms with Gasteiger partial charge in [-0.2, -0.15) is 0 Å². The zero-order chi connectivity index (χ0) is 14.0. The predicted octanol–water partition coefficient (Wildman–Crippen LogP) is 5.51. The van der Waals surface area contributed by atoms with Crippen LogP contribution in [0.1, 0.15) is 22.8 Å². The summed E-state index contributed by atoms with van der Waals surface area (Å²) >= 11 is 6.82. The molecule has 4 heteroatoms. The second kappa shape index (κ2) is 5.88. The molecular weight excluding hydrogens is 372 g/mol. The average molecular weight is 384 g/mol. The van der Waals surface area contributed by atoms with Gasteiger partial charge in [-0.05, 0) is 65.7 Å². The van der Waals surface area contributed by atoms with E-state index in [9.17, 15) is 4.79 Å². The van der Waals surface area contributed by atoms with E-state index in [-0.39, 0.29) is 5.78 Å². The number of aryl methyl sites for hydroxylation is 1. The molecule has 2 nitrogen and oxygen atoms in total. The number of benzene rings is 2. The van der Waals surface area contributed by atoms with Gasteiger partial charge in [-0.15, -0.1) is 0 Å². The molecule has 0 saturated carbocycles. The summed E-state index contributed by atoms with van der Waals surface area (Å²) in [5.74, 6) is 1.22. The van der Waals surface area contributed by atoms with E-state index in [0.29, 0.717) is 17.1 Å². The minimum Gasteiger partial charge on any atom is -0.455 e. The van der Waals surface area contributed by atoms with Crippen molar-refractivity contribution in [3.8, 4) is 11.5 Å². The minimum absolute atomic E-state index is 0.0282. The molecule has 0 aliphatic heterocycles. The molecule has 2 rings (SSSR count). The van der Waals surface area contributed by atoms with Crippen LogP contribution in [0.5, 0.6) is 11.5 Å². The lowest BCUT2D eigenvalue weighted by atomic mass is 10.1. The summed E-state index contributed by atoms with van der Waals surface area (Å²) in [5, 5.41) is 0. The van der Waals surface area contributed by atoms with Crippen molar-refractivity contribution in [3.05, 3.63) is 56.5 Å². The summed E-state index contributed by atoms with van der Waals surface area (Å²) in [4.78, 5) is 11.6. The van der Waals surface area contributed by atoms with E-state index in [0.717, 1.165) is 14.5 Å². The SMILES string of the molecule is CC(=O)c1cc(Br)ccc1Oc1ccc(C)cc1Br. The normalized spacial score (nSPS) is 10.3. The summed E-state index contributed by atoms with van der Waals surface area (Å²) in [6.45, 7) is 3.54. The quantitative estimate of drug-likeness (QED) is 0.652. The Kier molecular flexibility index (Phi) is 4.42. The highest BCUT2D eigenvalue weighted by atomic mass is 79.9. The Morgan fingerprint density at radius 1 is 1.05 bits per heavy atom. The molecule has 0 spiro atoms. The Balaban J connectivity index is 2.40. The van der Waals surface area contributed by atoms with Crippen LogP contribution in [-0.4, -0.2) is 5.78 Å². The van der Waals surface area contributed by atoms with Gasteiger partial charge >= 0.3 is 0 Å². The first kappa shape index (κ1) is 14.3. The number of carbonyl (C=O) groups is 1. The van der Waals surface area contributed by atoms with Gasteiger partial charge in [0.25, 0.3) is 0 Å². The lowest BCUT2D eigenvalue weighted by Gasteiger charge is -2.11. The zero-order valence-electron chi connectivity index (χ0n) is 10.5. The van der Waals surface area contributed by atoms with Crippen molar-refractivity contribution >= 4 is 37.6 Å². The summed E-state index contributed by atoms with van der Waals surface area (Å²) in [6, 6.07) is 11.2. The van der Waals surface area contributed by atoms with Crippen LogP contribution in [0.2, 0.25) is 0 Å². The number of hydrogen-bond acceptors (Lipinski definition) is 2. The Hall–Kier alpha value is -1.13. The van der Waals surface area contributed by atoms with E-state index in [2.05, 4.69) is 31.9 Å². The third kappa shape index (κ3) is 3.45. The zero-order valence-corrected chi connectivity index (χ0v) is 13.7. The van der Waals surface area contributed by atoms with Crippen molar-refractivity contribution in [1.29, 1.82) is 0 Å². The van der Waals surface area contributed by atoms with E-state index in [1.54, 1.807) is 12.1 Å². The Labute approximate surface area is 129 Å². The molecule has 2 aromatic carbocycles. The third-order valence-electron chi connectivity index (χ3n) is 2.63. The Bertz CT molecular complexity index is 636. The third-order valence-corrected chi connectivity index (χ3v) is 3.74. The molecule has 0 atom stereocenters. The molecule has 98 valence electrons. The van der Waals surface area contributed by atoms with Crippen molar-refractivity contribution < 1.29 is 9.53 Å². The van der Waals surface area contributed by atoms with Crippen LogP contribution < -0.4 is 4.74 Å². The van der Waals surface area contributed by atoms with Crippen LogP contribution in [0.15, 0.2) is 45.3 Å². The van der Waals surface area contributed by atoms with Gasteiger partial charge in [0.15, 0.2) is 5.78 Å². The molecule has 0 bridgehead atoms. The van der Waals surface area contributed by atoms with Crippen LogP contribution in [0.25, 0.3) is 0 Å². The highest BCUT2D eigenvalue weighted by Gasteiger charge is 2.11. The number of halogens is 2. The Morgan fingerprint density at radius 2 is 1.74 bits per heavy atom. The number of ether oxygens (including phenoxy) is 1. The molecule has 0 N–H and O–H groups in total. The van der Waals surface area contributed by atoms with Crippen molar-refractivity contribution in [3.63, 3.8) is 0 Å². The molecule has 0 aromatic heterocycles. The number of rotatable bonds is 3. The van der Waals surface area contributed by atoms with Crippen molar-refractivity contribution in [2.75, 3.05) is 0 Å². The lowest BCUT2D eigenvalue weighted by Crippen LogP contribution is -1.97. The molecule has 0 unspecified atom stereocenters. The van der Waals surface area contributed by atoms with E-state index >= 15 is 0 Å². The molecule has 0 saturated heterocycles. The molecule has 0 radical (unpaired) electrons. The maximum atomic E-state index is 11.6. The van der Waals surface area contributed by atoms with Gasteiger partial charge in [0, 0.05) is 4.47 Å². The van der Waals surface area contributed by atoms with E-state index in [1.165, 1.54) is 6.92 Å². The van der Waals surface area contributed by atoms with Crippen LogP contribution >= 0.6 is 31.9 Å². The smallest absolute Gasteiger partial charge is 0.163 e. The van der Waals surface area contributed by atoms with E-state index < -0.39 is 0 Å². The fraction of sp³-hybridized carbons (Fsp3) is 0.133. The van der Waals surface area contributed by atoms with Gasteiger partial charge in [-0.25, -0.2) is 0 Å². The van der Waals surface area contributed by atoms with Crippen LogP contribution in [0.3, 0.4) is 0 Å². The predicted molar refractivity (Wildman–Crippen MR) is 83.1 cm³/mol. The number of carbonyl (C=O) groups excluding carboxylic acids is 1. The van der Waals surface area contributed by atoms with Crippen LogP contribution in [0, 0.1) is 6.92 Å². The molecule has 2 aromatic rings. The molecular formula is C15H12Br2O2. The number of Topliss-reactive ketones (excluding diaryl/α,β-unsaturated/α-hetero) is 1. The summed E-state index contributed by atoms with van der Waals surface area (Å²) in [7, 11) is 0. The van der Waals surface area contributed by atoms with Crippen molar-refractivity contribution in [1.82, 2.24) is 0 Å². The second-order valence-corrected chi connectivity index (χ2v) is 6.00. The second-order valence-electron chi connectivity index (χ2n) is 4.23. The fourth-order valence-corrected chi connectivity index (χ4v) is 2.61. The minimum atomic E-state index is -0.0282. The highest BCUT2D eigenvalue weighted by Crippen LogP contribution is 2.33. The fourth-order valence-electron chi connectivity index (χ4n) is 1.67. The lowest BCUT2D eigenvalue weighted by molar-refractivity contribution is 0.101. The first-order valence-electron chi connectivity index (χ1n) is 5.72. The molecule has 0 fully saturated rings. The van der Waals surface area contributed by atoms with Gasteiger partial charge in [0.2, 0.25) is 0 Å². The van der Waals surface area contributed by atoms with Crippen LogP contribution in [-0.2, 0) is 0 Å². The molecule has 19 heavy (non-hydrogen) atoms. The summed E-state index contributed by atoms with van der Waals surface area (Å²) < 4.78 is 7.54. The van der Waals surface area contributed by atoms with Crippen molar-refractivity contribution in [2.24, 2.45) is 0 Å². The number of ketones is 1. The average Bonchev–Trinajstić information content (AvgIpc) is 2.34.